The van der Waals surface area contributed by atoms with Crippen molar-refractivity contribution >= 4 is 38.9 Å². The highest BCUT2D eigenvalue weighted by Gasteiger charge is 2.29. The van der Waals surface area contributed by atoms with Gasteiger partial charge in [-0.25, -0.2) is 8.42 Å². The van der Waals surface area contributed by atoms with Crippen LogP contribution in [-0.2, 0) is 14.8 Å². The van der Waals surface area contributed by atoms with Crippen molar-refractivity contribution in [3.8, 4) is 0 Å². The molecule has 0 saturated carbocycles. The van der Waals surface area contributed by atoms with Crippen molar-refractivity contribution in [1.29, 1.82) is 0 Å². The van der Waals surface area contributed by atoms with Gasteiger partial charge in [0.15, 0.2) is 0 Å². The average Bonchev–Trinajstić information content (AvgIpc) is 2.66. The molecular weight excluding hydrogens is 398 g/mol. The van der Waals surface area contributed by atoms with Gasteiger partial charge in [0.25, 0.3) is 0 Å². The lowest BCUT2D eigenvalue weighted by molar-refractivity contribution is -0.114. The molecule has 6 nitrogen and oxygen atoms in total. The van der Waals surface area contributed by atoms with Crippen LogP contribution >= 0.6 is 11.6 Å². The van der Waals surface area contributed by atoms with Crippen LogP contribution in [0.4, 0.5) is 11.4 Å². The Kier molecular flexibility index (Phi) is 6.27. The summed E-state index contributed by atoms with van der Waals surface area (Å²) >= 11 is 6.17. The number of hydrogen-bond donors (Lipinski definition) is 2. The fourth-order valence-electron chi connectivity index (χ4n) is 3.29. The van der Waals surface area contributed by atoms with Crippen LogP contribution in [0.15, 0.2) is 47.4 Å². The second-order valence-electron chi connectivity index (χ2n) is 6.94. The lowest BCUT2D eigenvalue weighted by Gasteiger charge is -2.32. The smallest absolute Gasteiger partial charge is 0.243 e. The van der Waals surface area contributed by atoms with Gasteiger partial charge in [-0.3, -0.25) is 4.79 Å². The van der Waals surface area contributed by atoms with Crippen LogP contribution in [0.5, 0.6) is 0 Å². The van der Waals surface area contributed by atoms with E-state index in [0.717, 1.165) is 24.1 Å². The summed E-state index contributed by atoms with van der Waals surface area (Å²) in [6, 6.07) is 12.2. The molecule has 0 aromatic heterocycles. The third kappa shape index (κ3) is 4.66. The van der Waals surface area contributed by atoms with E-state index in [-0.39, 0.29) is 16.8 Å². The number of piperidine rings is 1. The number of carbonyl (C=O) groups is 1. The molecule has 1 aliphatic rings. The van der Waals surface area contributed by atoms with Crippen LogP contribution in [0, 0.1) is 6.92 Å². The van der Waals surface area contributed by atoms with Crippen molar-refractivity contribution < 1.29 is 13.2 Å². The first kappa shape index (κ1) is 20.6. The maximum absolute atomic E-state index is 12.9. The molecule has 1 heterocycles. The highest BCUT2D eigenvalue weighted by atomic mass is 35.5. The van der Waals surface area contributed by atoms with E-state index < -0.39 is 10.0 Å². The highest BCUT2D eigenvalue weighted by Crippen LogP contribution is 2.27. The monoisotopic (exact) mass is 421 g/mol. The molecule has 8 heteroatoms. The maximum atomic E-state index is 12.9. The molecule has 0 spiro atoms. The van der Waals surface area contributed by atoms with Crippen LogP contribution in [0.1, 0.15) is 25.3 Å². The quantitative estimate of drug-likeness (QED) is 0.768. The van der Waals surface area contributed by atoms with E-state index >= 15 is 0 Å². The molecule has 0 aliphatic carbocycles. The maximum Gasteiger partial charge on any atom is 0.243 e. The molecule has 0 radical (unpaired) electrons. The predicted molar refractivity (Wildman–Crippen MR) is 112 cm³/mol. The number of nitrogens with zero attached hydrogens (tertiary/aromatic N) is 1. The van der Waals surface area contributed by atoms with Crippen molar-refractivity contribution in [1.82, 2.24) is 4.31 Å². The first-order valence-electron chi connectivity index (χ1n) is 9.17. The summed E-state index contributed by atoms with van der Waals surface area (Å²) in [5.74, 6) is -0.194. The van der Waals surface area contributed by atoms with Crippen molar-refractivity contribution in [3.05, 3.63) is 53.1 Å². The number of benzene rings is 2. The second kappa shape index (κ2) is 8.51. The molecule has 3 rings (SSSR count). The number of anilines is 2. The minimum Gasteiger partial charge on any atom is -0.382 e. The SMILES string of the molecule is CC(=O)Nc1ccc(S(=O)(=O)N2CCC(Nc3cccc(Cl)c3C)CC2)cc1. The molecule has 0 atom stereocenters. The Labute approximate surface area is 170 Å². The molecule has 1 fully saturated rings. The van der Waals surface area contributed by atoms with Crippen molar-refractivity contribution in [2.75, 3.05) is 23.7 Å². The lowest BCUT2D eigenvalue weighted by atomic mass is 10.1. The summed E-state index contributed by atoms with van der Waals surface area (Å²) in [7, 11) is -3.55. The topological polar surface area (TPSA) is 78.5 Å². The standard InChI is InChI=1S/C20H24ClN3O3S/c1-14-19(21)4-3-5-20(14)23-17-10-12-24(13-11-17)28(26,27)18-8-6-16(7-9-18)22-15(2)25/h3-9,17,23H,10-13H2,1-2H3,(H,22,25). The van der Waals surface area contributed by atoms with Gasteiger partial charge >= 0.3 is 0 Å². The Bertz CT molecular complexity index is 953. The first-order valence-corrected chi connectivity index (χ1v) is 11.0. The molecular formula is C20H24ClN3O3S. The second-order valence-corrected chi connectivity index (χ2v) is 9.29. The Morgan fingerprint density at radius 1 is 1.11 bits per heavy atom. The van der Waals surface area contributed by atoms with Gasteiger partial charge in [0, 0.05) is 42.5 Å². The van der Waals surface area contributed by atoms with Gasteiger partial charge in [-0.2, -0.15) is 4.31 Å². The minimum atomic E-state index is -3.55. The minimum absolute atomic E-state index is 0.194. The molecule has 28 heavy (non-hydrogen) atoms. The van der Waals surface area contributed by atoms with Crippen molar-refractivity contribution in [3.63, 3.8) is 0 Å². The lowest BCUT2D eigenvalue weighted by Crippen LogP contribution is -2.42. The molecule has 1 amide bonds. The zero-order valence-electron chi connectivity index (χ0n) is 15.9. The third-order valence-corrected chi connectivity index (χ3v) is 7.22. The molecule has 1 saturated heterocycles. The zero-order chi connectivity index (χ0) is 20.3. The number of halogens is 1. The van der Waals surface area contributed by atoms with E-state index in [1.54, 1.807) is 12.1 Å². The zero-order valence-corrected chi connectivity index (χ0v) is 17.5. The first-order chi connectivity index (χ1) is 13.3. The van der Waals surface area contributed by atoms with Crippen molar-refractivity contribution in [2.24, 2.45) is 0 Å². The summed E-state index contributed by atoms with van der Waals surface area (Å²) in [5.41, 5.74) is 2.56. The van der Waals surface area contributed by atoms with Crippen LogP contribution in [0.2, 0.25) is 5.02 Å². The Hall–Kier alpha value is -2.09. The molecule has 1 aliphatic heterocycles. The van der Waals surface area contributed by atoms with Crippen LogP contribution in [-0.4, -0.2) is 37.8 Å². The summed E-state index contributed by atoms with van der Waals surface area (Å²) < 4.78 is 27.3. The number of carbonyl (C=O) groups excluding carboxylic acids is 1. The Balaban J connectivity index is 1.63. The predicted octanol–water partition coefficient (Wildman–Crippen LogP) is 3.87. The van der Waals surface area contributed by atoms with Gasteiger partial charge < -0.3 is 10.6 Å². The summed E-state index contributed by atoms with van der Waals surface area (Å²) in [5, 5.41) is 6.83. The Morgan fingerprint density at radius 3 is 2.36 bits per heavy atom. The number of hydrogen-bond acceptors (Lipinski definition) is 4. The number of amides is 1. The van der Waals surface area contributed by atoms with Gasteiger partial charge in [0.1, 0.15) is 0 Å². The largest absolute Gasteiger partial charge is 0.382 e. The van der Waals surface area contributed by atoms with Gasteiger partial charge in [0.05, 0.1) is 4.90 Å². The molecule has 2 aromatic rings. The molecule has 150 valence electrons. The molecule has 0 bridgehead atoms. The summed E-state index contributed by atoms with van der Waals surface area (Å²) in [6.07, 6.45) is 1.43. The number of sulfonamides is 1. The molecule has 2 N–H and O–H groups in total. The summed E-state index contributed by atoms with van der Waals surface area (Å²) in [4.78, 5) is 11.3. The molecule has 2 aromatic carbocycles. The van der Waals surface area contributed by atoms with Gasteiger partial charge in [0.2, 0.25) is 15.9 Å². The van der Waals surface area contributed by atoms with Gasteiger partial charge in [-0.1, -0.05) is 17.7 Å². The highest BCUT2D eigenvalue weighted by molar-refractivity contribution is 7.89. The third-order valence-electron chi connectivity index (χ3n) is 4.89. The van der Waals surface area contributed by atoms with E-state index in [2.05, 4.69) is 10.6 Å². The van der Waals surface area contributed by atoms with E-state index in [1.165, 1.54) is 23.4 Å². The van der Waals surface area contributed by atoms with E-state index in [9.17, 15) is 13.2 Å². The van der Waals surface area contributed by atoms with Gasteiger partial charge in [-0.05, 0) is 61.7 Å². The molecule has 0 unspecified atom stereocenters. The average molecular weight is 422 g/mol. The number of nitrogens with one attached hydrogen (secondary N) is 2. The van der Waals surface area contributed by atoms with Crippen LogP contribution < -0.4 is 10.6 Å². The normalized spacial score (nSPS) is 16.0. The number of rotatable bonds is 5. The van der Waals surface area contributed by atoms with Crippen LogP contribution in [0.25, 0.3) is 0 Å². The van der Waals surface area contributed by atoms with Crippen molar-refractivity contribution in [2.45, 2.75) is 37.6 Å². The Morgan fingerprint density at radius 2 is 1.75 bits per heavy atom. The fraction of sp³-hybridized carbons (Fsp3) is 0.350. The van der Waals surface area contributed by atoms with E-state index in [1.807, 2.05) is 25.1 Å². The van der Waals surface area contributed by atoms with Crippen LogP contribution in [0.3, 0.4) is 0 Å². The van der Waals surface area contributed by atoms with E-state index in [0.29, 0.717) is 23.8 Å². The fourth-order valence-corrected chi connectivity index (χ4v) is 4.93. The van der Waals surface area contributed by atoms with Gasteiger partial charge in [-0.15, -0.1) is 0 Å². The summed E-state index contributed by atoms with van der Waals surface area (Å²) in [6.45, 7) is 4.28. The van der Waals surface area contributed by atoms with E-state index in [4.69, 9.17) is 11.6 Å².